The Morgan fingerprint density at radius 3 is 1.67 bits per heavy atom. The summed E-state index contributed by atoms with van der Waals surface area (Å²) >= 11 is 0. The van der Waals surface area contributed by atoms with E-state index in [1.807, 2.05) is 36.4 Å². The van der Waals surface area contributed by atoms with Gasteiger partial charge in [0.25, 0.3) is 0 Å². The number of anilines is 3. The first-order chi connectivity index (χ1) is 32.0. The van der Waals surface area contributed by atoms with Gasteiger partial charge in [-0.25, -0.2) is 15.0 Å². The third-order valence-corrected chi connectivity index (χ3v) is 14.4. The van der Waals surface area contributed by atoms with Crippen LogP contribution < -0.4 is 4.90 Å². The van der Waals surface area contributed by atoms with Gasteiger partial charge in [0.2, 0.25) is 0 Å². The van der Waals surface area contributed by atoms with Gasteiger partial charge in [0.15, 0.2) is 17.5 Å². The van der Waals surface area contributed by atoms with Crippen LogP contribution in [0.2, 0.25) is 0 Å². The first-order valence-electron chi connectivity index (χ1n) is 23.0. The van der Waals surface area contributed by atoms with Crippen molar-refractivity contribution in [2.75, 3.05) is 4.90 Å². The zero-order chi connectivity index (χ0) is 45.1. The molecule has 0 radical (unpaired) electrons. The van der Waals surface area contributed by atoms with Crippen molar-refractivity contribution in [2.24, 2.45) is 0 Å². The monoisotopic (exact) mass is 851 g/mol. The maximum Gasteiger partial charge on any atom is 0.182 e. The topological polar surface area (TPSA) is 54.8 Å². The highest BCUT2D eigenvalue weighted by molar-refractivity contribution is 6.12. The van der Waals surface area contributed by atoms with Crippen LogP contribution in [-0.4, -0.2) is 19.9 Å². The molecule has 2 aliphatic carbocycles. The summed E-state index contributed by atoms with van der Waals surface area (Å²) in [5.41, 5.74) is 19.8. The van der Waals surface area contributed by atoms with E-state index in [9.17, 15) is 0 Å². The highest BCUT2D eigenvalue weighted by atomic mass is 15.1. The molecule has 0 bridgehead atoms. The molecule has 2 aromatic heterocycles. The molecular weight excluding hydrogens is 803 g/mol. The summed E-state index contributed by atoms with van der Waals surface area (Å²) in [6, 6.07) is 59.5. The van der Waals surface area contributed by atoms with Gasteiger partial charge in [0.05, 0.1) is 5.69 Å². The molecule has 10 aromatic rings. The largest absolute Gasteiger partial charge is 0.310 e. The summed E-state index contributed by atoms with van der Waals surface area (Å²) in [6.45, 7) is 16.2. The van der Waals surface area contributed by atoms with Crippen molar-refractivity contribution in [1.29, 1.82) is 0 Å². The van der Waals surface area contributed by atoms with Crippen molar-refractivity contribution in [3.05, 3.63) is 209 Å². The molecule has 0 N–H and O–H groups in total. The Morgan fingerprint density at radius 1 is 0.409 bits per heavy atom. The van der Waals surface area contributed by atoms with E-state index in [1.165, 1.54) is 88.7 Å². The van der Waals surface area contributed by atoms with Crippen molar-refractivity contribution in [2.45, 2.75) is 59.3 Å². The number of hydrogen-bond donors (Lipinski definition) is 0. The molecule has 2 aliphatic rings. The van der Waals surface area contributed by atoms with E-state index >= 15 is 0 Å². The van der Waals surface area contributed by atoms with Crippen LogP contribution in [0.4, 0.5) is 17.1 Å². The smallest absolute Gasteiger partial charge is 0.182 e. The van der Waals surface area contributed by atoms with Crippen LogP contribution in [0.5, 0.6) is 0 Å². The van der Waals surface area contributed by atoms with Gasteiger partial charge in [-0.05, 0) is 153 Å². The van der Waals surface area contributed by atoms with Gasteiger partial charge in [0, 0.05) is 44.9 Å². The van der Waals surface area contributed by atoms with Gasteiger partial charge >= 0.3 is 0 Å². The molecule has 0 atom stereocenters. The fourth-order valence-electron chi connectivity index (χ4n) is 11.0. The summed E-state index contributed by atoms with van der Waals surface area (Å²) in [5.74, 6) is 1.81. The van der Waals surface area contributed by atoms with Crippen molar-refractivity contribution >= 4 is 38.6 Å². The van der Waals surface area contributed by atoms with Crippen LogP contribution in [0.15, 0.2) is 170 Å². The van der Waals surface area contributed by atoms with Gasteiger partial charge in [-0.3, -0.25) is 4.98 Å². The van der Waals surface area contributed by atoms with Gasteiger partial charge in [0.1, 0.15) is 5.69 Å². The Kier molecular flexibility index (Phi) is 8.82. The standard InChI is InChI=1S/C61H49N5/c1-36-18-17-21-40(30-36)66(53-31-37(2)27-28-38(53)3)54-35-51-56(44-25-14-12-23-42(44)54)47-34-48-46(33-49(47)61(51,6)7)55-43-24-13-11-22-41(43)45(32-50(55)60(48,4)5)58-63-57(39-19-9-8-10-20-39)64-59(65-58)52-26-15-16-29-62-52/h8-35H,1-7H3. The molecule has 0 saturated heterocycles. The average Bonchev–Trinajstić information content (AvgIpc) is 3.70. The molecule has 0 unspecified atom stereocenters. The number of rotatable bonds is 6. The molecule has 0 aliphatic heterocycles. The predicted octanol–water partition coefficient (Wildman–Crippen LogP) is 15.6. The quantitative estimate of drug-likeness (QED) is 0.167. The van der Waals surface area contributed by atoms with Crippen molar-refractivity contribution in [3.63, 3.8) is 0 Å². The third-order valence-electron chi connectivity index (χ3n) is 14.4. The SMILES string of the molecule is Cc1cccc(N(c2cc(C)ccc2C)c2cc3c(c4ccccc24)-c2cc4c(cc2C3(C)C)-c2c(cc(-c3nc(-c5ccccc5)nc(-c5ccccn5)n3)c3ccccc23)C4(C)C)c1. The number of fused-ring (bicyclic) bond motifs is 10. The summed E-state index contributed by atoms with van der Waals surface area (Å²) in [4.78, 5) is 22.5. The molecule has 5 heteroatoms. The lowest BCUT2D eigenvalue weighted by Crippen LogP contribution is -2.18. The fourth-order valence-corrected chi connectivity index (χ4v) is 11.0. The molecule has 0 spiro atoms. The second-order valence-corrected chi connectivity index (χ2v) is 19.3. The maximum absolute atomic E-state index is 5.21. The predicted molar refractivity (Wildman–Crippen MR) is 273 cm³/mol. The van der Waals surface area contributed by atoms with E-state index in [-0.39, 0.29) is 10.8 Å². The highest BCUT2D eigenvalue weighted by Crippen LogP contribution is 2.60. The Morgan fingerprint density at radius 2 is 0.985 bits per heavy atom. The molecule has 12 rings (SSSR count). The summed E-state index contributed by atoms with van der Waals surface area (Å²) in [7, 11) is 0. The van der Waals surface area contributed by atoms with E-state index < -0.39 is 0 Å². The summed E-state index contributed by atoms with van der Waals surface area (Å²) < 4.78 is 0. The Balaban J connectivity index is 1.07. The molecule has 0 amide bonds. The lowest BCUT2D eigenvalue weighted by atomic mass is 9.79. The summed E-state index contributed by atoms with van der Waals surface area (Å²) in [6.07, 6.45) is 1.79. The molecule has 0 saturated carbocycles. The van der Waals surface area contributed by atoms with Crippen molar-refractivity contribution in [1.82, 2.24) is 19.9 Å². The third kappa shape index (κ3) is 5.99. The highest BCUT2D eigenvalue weighted by Gasteiger charge is 2.44. The second kappa shape index (κ2) is 14.6. The van der Waals surface area contributed by atoms with Crippen LogP contribution in [0.25, 0.3) is 78.1 Å². The first kappa shape index (κ1) is 39.8. The minimum atomic E-state index is -0.328. The van der Waals surface area contributed by atoms with Crippen LogP contribution >= 0.6 is 0 Å². The minimum absolute atomic E-state index is 0.290. The van der Waals surface area contributed by atoms with Crippen LogP contribution in [0, 0.1) is 20.8 Å². The van der Waals surface area contributed by atoms with E-state index in [2.05, 4.69) is 186 Å². The fraction of sp³-hybridized carbons (Fsp3) is 0.148. The van der Waals surface area contributed by atoms with Gasteiger partial charge in [-0.2, -0.15) is 0 Å². The van der Waals surface area contributed by atoms with Crippen LogP contribution in [0.3, 0.4) is 0 Å². The second-order valence-electron chi connectivity index (χ2n) is 19.3. The normalized spacial score (nSPS) is 13.9. The number of benzene rings is 8. The van der Waals surface area contributed by atoms with E-state index in [0.717, 1.165) is 22.2 Å². The lowest BCUT2D eigenvalue weighted by molar-refractivity contribution is 0.652. The number of pyridine rings is 1. The molecular formula is C61H49N5. The zero-order valence-corrected chi connectivity index (χ0v) is 38.4. The molecule has 318 valence electrons. The van der Waals surface area contributed by atoms with Gasteiger partial charge < -0.3 is 4.90 Å². The number of aromatic nitrogens is 4. The molecule has 2 heterocycles. The van der Waals surface area contributed by atoms with Crippen LogP contribution in [-0.2, 0) is 10.8 Å². The maximum atomic E-state index is 5.21. The molecule has 0 fully saturated rings. The average molecular weight is 852 g/mol. The number of aryl methyl sites for hydroxylation is 3. The van der Waals surface area contributed by atoms with Crippen molar-refractivity contribution in [3.8, 4) is 56.5 Å². The van der Waals surface area contributed by atoms with E-state index in [0.29, 0.717) is 23.2 Å². The van der Waals surface area contributed by atoms with Crippen molar-refractivity contribution < 1.29 is 0 Å². The Hall–Kier alpha value is -7.76. The number of nitrogens with zero attached hydrogens (tertiary/aromatic N) is 5. The zero-order valence-electron chi connectivity index (χ0n) is 38.4. The molecule has 8 aromatic carbocycles. The summed E-state index contributed by atoms with van der Waals surface area (Å²) in [5, 5.41) is 4.81. The first-order valence-corrected chi connectivity index (χ1v) is 23.0. The Bertz CT molecular complexity index is 3570. The van der Waals surface area contributed by atoms with E-state index in [1.54, 1.807) is 6.20 Å². The Labute approximate surface area is 386 Å². The molecule has 5 nitrogen and oxygen atoms in total. The lowest BCUT2D eigenvalue weighted by Gasteiger charge is -2.31. The van der Waals surface area contributed by atoms with E-state index in [4.69, 9.17) is 15.0 Å². The minimum Gasteiger partial charge on any atom is -0.310 e. The van der Waals surface area contributed by atoms with Crippen LogP contribution in [0.1, 0.15) is 66.6 Å². The number of hydrogen-bond acceptors (Lipinski definition) is 5. The van der Waals surface area contributed by atoms with Gasteiger partial charge in [-0.1, -0.05) is 137 Å². The van der Waals surface area contributed by atoms with Gasteiger partial charge in [-0.15, -0.1) is 0 Å². The molecule has 66 heavy (non-hydrogen) atoms.